The predicted molar refractivity (Wildman–Crippen MR) is 68.1 cm³/mol. The van der Waals surface area contributed by atoms with Crippen molar-refractivity contribution in [1.82, 2.24) is 9.97 Å². The molecule has 2 unspecified atom stereocenters. The van der Waals surface area contributed by atoms with E-state index in [9.17, 15) is 0 Å². The maximum absolute atomic E-state index is 5.45. The van der Waals surface area contributed by atoms with Crippen LogP contribution in [0.2, 0.25) is 0 Å². The number of aromatic nitrogens is 2. The number of ether oxygens (including phenoxy) is 1. The van der Waals surface area contributed by atoms with Gasteiger partial charge in [0.2, 0.25) is 0 Å². The molecule has 1 aliphatic carbocycles. The highest BCUT2D eigenvalue weighted by atomic mass is 16.5. The Hall–Kier alpha value is -1.16. The van der Waals surface area contributed by atoms with Gasteiger partial charge in [0.15, 0.2) is 0 Å². The second-order valence-electron chi connectivity index (χ2n) is 5.42. The molecule has 0 spiro atoms. The van der Waals surface area contributed by atoms with Crippen LogP contribution in [0, 0.1) is 19.3 Å². The largest absolute Gasteiger partial charge is 0.381 e. The van der Waals surface area contributed by atoms with E-state index in [0.717, 1.165) is 23.6 Å². The summed E-state index contributed by atoms with van der Waals surface area (Å²) < 4.78 is 5.45. The van der Waals surface area contributed by atoms with Crippen LogP contribution in [-0.2, 0) is 4.74 Å². The molecular formula is C13H21N3O. The van der Waals surface area contributed by atoms with Crippen LogP contribution in [0.1, 0.15) is 31.7 Å². The summed E-state index contributed by atoms with van der Waals surface area (Å²) in [5.74, 6) is 0.901. The Kier molecular flexibility index (Phi) is 3.08. The molecule has 0 aliphatic heterocycles. The van der Waals surface area contributed by atoms with Crippen molar-refractivity contribution in [2.24, 2.45) is 5.41 Å². The van der Waals surface area contributed by atoms with E-state index in [0.29, 0.717) is 12.1 Å². The first-order valence-corrected chi connectivity index (χ1v) is 6.04. The molecule has 1 heterocycles. The summed E-state index contributed by atoms with van der Waals surface area (Å²) in [7, 11) is 1.78. The molecule has 0 saturated heterocycles. The summed E-state index contributed by atoms with van der Waals surface area (Å²) in [5.41, 5.74) is 2.04. The maximum atomic E-state index is 5.45. The van der Waals surface area contributed by atoms with Crippen molar-refractivity contribution in [2.75, 3.05) is 12.4 Å². The molecule has 0 amide bonds. The van der Waals surface area contributed by atoms with Gasteiger partial charge in [-0.15, -0.1) is 0 Å². The standard InChI is InChI=1S/C13H21N3O/c1-8-7-14-9(2)12(15-8)16-10-6-11(17-5)13(10,3)4/h7,10-11H,6H2,1-5H3,(H,15,16). The van der Waals surface area contributed by atoms with Gasteiger partial charge in [-0.1, -0.05) is 13.8 Å². The average molecular weight is 235 g/mol. The van der Waals surface area contributed by atoms with E-state index < -0.39 is 0 Å². The number of hydrogen-bond acceptors (Lipinski definition) is 4. The number of rotatable bonds is 3. The molecule has 0 bridgehead atoms. The Balaban J connectivity index is 2.10. The van der Waals surface area contributed by atoms with E-state index in [4.69, 9.17) is 4.74 Å². The Bertz CT molecular complexity index is 417. The first-order chi connectivity index (χ1) is 7.95. The van der Waals surface area contributed by atoms with Crippen LogP contribution < -0.4 is 5.32 Å². The number of nitrogens with zero attached hydrogens (tertiary/aromatic N) is 2. The normalized spacial score (nSPS) is 26.4. The molecule has 0 aromatic carbocycles. The van der Waals surface area contributed by atoms with Gasteiger partial charge in [0.25, 0.3) is 0 Å². The van der Waals surface area contributed by atoms with Crippen molar-refractivity contribution in [3.8, 4) is 0 Å². The molecule has 1 aliphatic rings. The molecular weight excluding hydrogens is 214 g/mol. The summed E-state index contributed by atoms with van der Waals surface area (Å²) in [4.78, 5) is 8.82. The van der Waals surface area contributed by atoms with Gasteiger partial charge < -0.3 is 10.1 Å². The van der Waals surface area contributed by atoms with Crippen molar-refractivity contribution in [3.63, 3.8) is 0 Å². The van der Waals surface area contributed by atoms with Crippen LogP contribution in [-0.4, -0.2) is 29.2 Å². The van der Waals surface area contributed by atoms with Gasteiger partial charge in [-0.2, -0.15) is 0 Å². The fourth-order valence-corrected chi connectivity index (χ4v) is 2.37. The van der Waals surface area contributed by atoms with Crippen molar-refractivity contribution < 1.29 is 4.74 Å². The summed E-state index contributed by atoms with van der Waals surface area (Å²) in [6.07, 6.45) is 3.15. The quantitative estimate of drug-likeness (QED) is 0.873. The van der Waals surface area contributed by atoms with E-state index in [1.807, 2.05) is 13.8 Å². The molecule has 17 heavy (non-hydrogen) atoms. The third-order valence-electron chi connectivity index (χ3n) is 3.85. The van der Waals surface area contributed by atoms with Crippen LogP contribution in [0.15, 0.2) is 6.20 Å². The van der Waals surface area contributed by atoms with Crippen molar-refractivity contribution >= 4 is 5.82 Å². The molecule has 4 heteroatoms. The van der Waals surface area contributed by atoms with Gasteiger partial charge >= 0.3 is 0 Å². The molecule has 0 radical (unpaired) electrons. The zero-order valence-electron chi connectivity index (χ0n) is 11.2. The van der Waals surface area contributed by atoms with Gasteiger partial charge in [0.1, 0.15) is 5.82 Å². The second kappa shape index (κ2) is 4.26. The summed E-state index contributed by atoms with van der Waals surface area (Å²) in [5, 5.41) is 3.49. The monoisotopic (exact) mass is 235 g/mol. The number of nitrogens with one attached hydrogen (secondary N) is 1. The second-order valence-corrected chi connectivity index (χ2v) is 5.42. The molecule has 1 fully saturated rings. The molecule has 4 nitrogen and oxygen atoms in total. The summed E-state index contributed by atoms with van der Waals surface area (Å²) in [6.45, 7) is 8.39. The Morgan fingerprint density at radius 3 is 2.71 bits per heavy atom. The Morgan fingerprint density at radius 1 is 1.41 bits per heavy atom. The van der Waals surface area contributed by atoms with Crippen molar-refractivity contribution in [1.29, 1.82) is 0 Å². The number of aryl methyl sites for hydroxylation is 2. The average Bonchev–Trinajstić information content (AvgIpc) is 2.28. The minimum absolute atomic E-state index is 0.145. The third-order valence-corrected chi connectivity index (χ3v) is 3.85. The van der Waals surface area contributed by atoms with Crippen LogP contribution in [0.5, 0.6) is 0 Å². The molecule has 1 aromatic heterocycles. The fourth-order valence-electron chi connectivity index (χ4n) is 2.37. The minimum atomic E-state index is 0.145. The number of methoxy groups -OCH3 is 1. The van der Waals surface area contributed by atoms with E-state index in [-0.39, 0.29) is 5.41 Å². The van der Waals surface area contributed by atoms with Gasteiger partial charge in [-0.05, 0) is 20.3 Å². The first-order valence-electron chi connectivity index (χ1n) is 6.04. The molecule has 1 aromatic rings. The lowest BCUT2D eigenvalue weighted by Crippen LogP contribution is -2.57. The Morgan fingerprint density at radius 2 is 2.12 bits per heavy atom. The summed E-state index contributed by atoms with van der Waals surface area (Å²) >= 11 is 0. The molecule has 2 atom stereocenters. The molecule has 1 N–H and O–H groups in total. The van der Waals surface area contributed by atoms with Crippen LogP contribution in [0.25, 0.3) is 0 Å². The molecule has 1 saturated carbocycles. The highest BCUT2D eigenvalue weighted by Gasteiger charge is 2.48. The van der Waals surface area contributed by atoms with Crippen LogP contribution in [0.4, 0.5) is 5.82 Å². The van der Waals surface area contributed by atoms with E-state index >= 15 is 0 Å². The highest BCUT2D eigenvalue weighted by molar-refractivity contribution is 5.42. The number of anilines is 1. The van der Waals surface area contributed by atoms with E-state index in [1.165, 1.54) is 0 Å². The highest BCUT2D eigenvalue weighted by Crippen LogP contribution is 2.43. The number of hydrogen-bond donors (Lipinski definition) is 1. The lowest BCUT2D eigenvalue weighted by atomic mass is 9.64. The molecule has 94 valence electrons. The third kappa shape index (κ3) is 2.14. The minimum Gasteiger partial charge on any atom is -0.381 e. The van der Waals surface area contributed by atoms with Crippen molar-refractivity contribution in [3.05, 3.63) is 17.6 Å². The zero-order chi connectivity index (χ0) is 12.6. The SMILES string of the molecule is COC1CC(Nc2nc(C)cnc2C)C1(C)C. The molecule has 2 rings (SSSR count). The van der Waals surface area contributed by atoms with Crippen LogP contribution in [0.3, 0.4) is 0 Å². The Labute approximate surface area is 103 Å². The lowest BCUT2D eigenvalue weighted by Gasteiger charge is -2.51. The van der Waals surface area contributed by atoms with E-state index in [2.05, 4.69) is 29.1 Å². The lowest BCUT2D eigenvalue weighted by molar-refractivity contribution is -0.0795. The first kappa shape index (κ1) is 12.3. The van der Waals surface area contributed by atoms with E-state index in [1.54, 1.807) is 13.3 Å². The van der Waals surface area contributed by atoms with Gasteiger partial charge in [-0.3, -0.25) is 4.98 Å². The predicted octanol–water partition coefficient (Wildman–Crippen LogP) is 2.32. The summed E-state index contributed by atoms with van der Waals surface area (Å²) in [6, 6.07) is 0.405. The zero-order valence-corrected chi connectivity index (χ0v) is 11.2. The van der Waals surface area contributed by atoms with Gasteiger partial charge in [-0.25, -0.2) is 4.98 Å². The fraction of sp³-hybridized carbons (Fsp3) is 0.692. The van der Waals surface area contributed by atoms with Crippen LogP contribution >= 0.6 is 0 Å². The van der Waals surface area contributed by atoms with Gasteiger partial charge in [0.05, 0.1) is 17.5 Å². The van der Waals surface area contributed by atoms with Gasteiger partial charge in [0, 0.05) is 24.8 Å². The smallest absolute Gasteiger partial charge is 0.147 e. The van der Waals surface area contributed by atoms with Crippen molar-refractivity contribution in [2.45, 2.75) is 46.3 Å². The topological polar surface area (TPSA) is 47.0 Å². The maximum Gasteiger partial charge on any atom is 0.147 e.